The van der Waals surface area contributed by atoms with Crippen LogP contribution in [0.5, 0.6) is 0 Å². The van der Waals surface area contributed by atoms with Crippen LogP contribution in [0.1, 0.15) is 5.56 Å². The van der Waals surface area contributed by atoms with E-state index in [0.717, 1.165) is 6.20 Å². The number of carbonyl (C=O) groups excluding carboxylic acids is 1. The van der Waals surface area contributed by atoms with Crippen LogP contribution in [0, 0.1) is 17.0 Å². The molecule has 1 aliphatic heterocycles. The van der Waals surface area contributed by atoms with E-state index in [2.05, 4.69) is 20.6 Å². The van der Waals surface area contributed by atoms with Gasteiger partial charge in [0.2, 0.25) is 5.91 Å². The third-order valence-electron chi connectivity index (χ3n) is 5.15. The van der Waals surface area contributed by atoms with Crippen LogP contribution in [0.2, 0.25) is 0 Å². The molecule has 0 atom stereocenters. The average molecular weight is 398 g/mol. The van der Waals surface area contributed by atoms with Crippen molar-refractivity contribution in [1.82, 2.24) is 25.3 Å². The van der Waals surface area contributed by atoms with E-state index < -0.39 is 11.2 Å². The number of halogens is 2. The number of carbonyl (C=O) groups is 1. The van der Waals surface area contributed by atoms with Crippen LogP contribution in [0.25, 0.3) is 0 Å². The van der Waals surface area contributed by atoms with Gasteiger partial charge in [-0.15, -0.1) is 5.10 Å². The Morgan fingerprint density at radius 1 is 1.14 bits per heavy atom. The maximum atomic E-state index is 14.2. The summed E-state index contributed by atoms with van der Waals surface area (Å²) in [6.07, 6.45) is 6.16. The van der Waals surface area contributed by atoms with E-state index in [1.807, 2.05) is 0 Å². The van der Waals surface area contributed by atoms with E-state index in [1.165, 1.54) is 12.3 Å². The molecule has 0 spiro atoms. The van der Waals surface area contributed by atoms with Crippen molar-refractivity contribution in [3.8, 4) is 0 Å². The first-order valence-corrected chi connectivity index (χ1v) is 9.28. The van der Waals surface area contributed by atoms with Gasteiger partial charge in [-0.2, -0.15) is 0 Å². The monoisotopic (exact) mass is 398 g/mol. The van der Waals surface area contributed by atoms with Crippen LogP contribution in [-0.4, -0.2) is 45.5 Å². The van der Waals surface area contributed by atoms with Gasteiger partial charge in [-0.1, -0.05) is 23.4 Å². The van der Waals surface area contributed by atoms with Crippen molar-refractivity contribution >= 4 is 11.6 Å². The minimum Gasteiger partial charge on any atom is -0.367 e. The SMILES string of the molecule is O=C(NCCn1ccnn1)C1(Cc2ccccc2F)CN(c2ccncc2F)C1. The summed E-state index contributed by atoms with van der Waals surface area (Å²) in [5.41, 5.74) is 0.00800. The van der Waals surface area contributed by atoms with E-state index in [0.29, 0.717) is 24.3 Å². The summed E-state index contributed by atoms with van der Waals surface area (Å²) < 4.78 is 29.9. The Morgan fingerprint density at radius 2 is 1.97 bits per heavy atom. The van der Waals surface area contributed by atoms with Gasteiger partial charge in [0.1, 0.15) is 5.82 Å². The van der Waals surface area contributed by atoms with E-state index in [9.17, 15) is 13.6 Å². The van der Waals surface area contributed by atoms with Gasteiger partial charge < -0.3 is 10.2 Å². The number of aromatic nitrogens is 4. The molecule has 7 nitrogen and oxygen atoms in total. The Labute approximate surface area is 166 Å². The molecule has 1 N–H and O–H groups in total. The summed E-state index contributed by atoms with van der Waals surface area (Å²) >= 11 is 0. The van der Waals surface area contributed by atoms with Crippen molar-refractivity contribution < 1.29 is 13.6 Å². The highest BCUT2D eigenvalue weighted by molar-refractivity contribution is 5.86. The largest absolute Gasteiger partial charge is 0.367 e. The molecule has 4 rings (SSSR count). The fourth-order valence-corrected chi connectivity index (χ4v) is 3.64. The van der Waals surface area contributed by atoms with Crippen LogP contribution < -0.4 is 10.2 Å². The van der Waals surface area contributed by atoms with Crippen LogP contribution >= 0.6 is 0 Å². The number of nitrogens with zero attached hydrogens (tertiary/aromatic N) is 5. The van der Waals surface area contributed by atoms with E-state index in [1.54, 1.807) is 46.2 Å². The number of rotatable bonds is 7. The predicted molar refractivity (Wildman–Crippen MR) is 102 cm³/mol. The first-order chi connectivity index (χ1) is 14.1. The lowest BCUT2D eigenvalue weighted by atomic mass is 9.73. The molecule has 9 heteroatoms. The van der Waals surface area contributed by atoms with E-state index in [-0.39, 0.29) is 31.2 Å². The van der Waals surface area contributed by atoms with Crippen LogP contribution in [0.15, 0.2) is 55.1 Å². The normalized spacial score (nSPS) is 15.0. The summed E-state index contributed by atoms with van der Waals surface area (Å²) in [5.74, 6) is -0.985. The Kier molecular flexibility index (Phi) is 5.20. The van der Waals surface area contributed by atoms with E-state index in [4.69, 9.17) is 0 Å². The molecule has 3 aromatic rings. The Balaban J connectivity index is 1.49. The standard InChI is InChI=1S/C20H20F2N6O/c21-16-4-2-1-3-15(16)11-20(19(29)24-7-9-28-10-8-25-26-28)13-27(14-20)18-5-6-23-12-17(18)22/h1-6,8,10,12H,7,9,11,13-14H2,(H,24,29). The van der Waals surface area contributed by atoms with Gasteiger partial charge in [0.05, 0.1) is 30.0 Å². The first kappa shape index (κ1) is 19.0. The molecule has 0 bridgehead atoms. The predicted octanol–water partition coefficient (Wildman–Crippen LogP) is 1.82. The molecule has 1 aromatic carbocycles. The van der Waals surface area contributed by atoms with Crippen LogP contribution in [0.3, 0.4) is 0 Å². The molecule has 0 aliphatic carbocycles. The van der Waals surface area contributed by atoms with Crippen LogP contribution in [0.4, 0.5) is 14.5 Å². The number of pyridine rings is 1. The molecular formula is C20H20F2N6O. The minimum absolute atomic E-state index is 0.188. The van der Waals surface area contributed by atoms with Crippen molar-refractivity contribution in [3.63, 3.8) is 0 Å². The Hall–Kier alpha value is -3.36. The maximum Gasteiger partial charge on any atom is 0.230 e. The van der Waals surface area contributed by atoms with Crippen molar-refractivity contribution in [2.24, 2.45) is 5.41 Å². The van der Waals surface area contributed by atoms with Gasteiger partial charge in [0, 0.05) is 32.0 Å². The summed E-state index contributed by atoms with van der Waals surface area (Å²) in [7, 11) is 0. The molecule has 0 unspecified atom stereocenters. The molecule has 3 heterocycles. The molecule has 2 aromatic heterocycles. The number of hydrogen-bond acceptors (Lipinski definition) is 5. The molecule has 1 amide bonds. The molecule has 150 valence electrons. The van der Waals surface area contributed by atoms with Crippen molar-refractivity contribution in [2.45, 2.75) is 13.0 Å². The quantitative estimate of drug-likeness (QED) is 0.657. The van der Waals surface area contributed by atoms with Crippen molar-refractivity contribution in [2.75, 3.05) is 24.5 Å². The number of benzene rings is 1. The van der Waals surface area contributed by atoms with Gasteiger partial charge in [0.15, 0.2) is 5.82 Å². The third kappa shape index (κ3) is 3.94. The molecule has 1 saturated heterocycles. The highest BCUT2D eigenvalue weighted by Gasteiger charge is 2.50. The third-order valence-corrected chi connectivity index (χ3v) is 5.15. The molecule has 1 fully saturated rings. The zero-order valence-corrected chi connectivity index (χ0v) is 15.6. The topological polar surface area (TPSA) is 75.9 Å². The molecule has 0 saturated carbocycles. The smallest absolute Gasteiger partial charge is 0.230 e. The Morgan fingerprint density at radius 3 is 2.69 bits per heavy atom. The van der Waals surface area contributed by atoms with Crippen molar-refractivity contribution in [1.29, 1.82) is 0 Å². The average Bonchev–Trinajstić information content (AvgIpc) is 3.20. The van der Waals surface area contributed by atoms with Gasteiger partial charge in [0.25, 0.3) is 0 Å². The second kappa shape index (κ2) is 7.94. The minimum atomic E-state index is -0.847. The summed E-state index contributed by atoms with van der Waals surface area (Å²) in [6, 6.07) is 7.99. The number of amides is 1. The Bertz CT molecular complexity index is 988. The summed E-state index contributed by atoms with van der Waals surface area (Å²) in [6.45, 7) is 1.42. The van der Waals surface area contributed by atoms with Gasteiger partial charge >= 0.3 is 0 Å². The lowest BCUT2D eigenvalue weighted by Crippen LogP contribution is -2.65. The zero-order chi connectivity index (χ0) is 20.3. The van der Waals surface area contributed by atoms with Gasteiger partial charge in [-0.25, -0.2) is 8.78 Å². The lowest BCUT2D eigenvalue weighted by Gasteiger charge is -2.50. The van der Waals surface area contributed by atoms with E-state index >= 15 is 0 Å². The van der Waals surface area contributed by atoms with Gasteiger partial charge in [-0.05, 0) is 24.1 Å². The lowest BCUT2D eigenvalue weighted by molar-refractivity contribution is -0.132. The number of nitrogens with one attached hydrogen (secondary N) is 1. The second-order valence-corrected chi connectivity index (χ2v) is 7.15. The maximum absolute atomic E-state index is 14.2. The van der Waals surface area contributed by atoms with Crippen molar-refractivity contribution in [3.05, 3.63) is 72.3 Å². The fourth-order valence-electron chi connectivity index (χ4n) is 3.64. The summed E-state index contributed by atoms with van der Waals surface area (Å²) in [5, 5.41) is 10.5. The molecule has 0 radical (unpaired) electrons. The molecule has 1 aliphatic rings. The molecule has 29 heavy (non-hydrogen) atoms. The fraction of sp³-hybridized carbons (Fsp3) is 0.300. The second-order valence-electron chi connectivity index (χ2n) is 7.15. The summed E-state index contributed by atoms with van der Waals surface area (Å²) in [4.78, 5) is 18.6. The zero-order valence-electron chi connectivity index (χ0n) is 15.6. The first-order valence-electron chi connectivity index (χ1n) is 9.28. The number of anilines is 1. The highest BCUT2D eigenvalue weighted by atomic mass is 19.1. The van der Waals surface area contributed by atoms with Gasteiger partial charge in [-0.3, -0.25) is 14.5 Å². The number of hydrogen-bond donors (Lipinski definition) is 1. The highest BCUT2D eigenvalue weighted by Crippen LogP contribution is 2.39. The van der Waals surface area contributed by atoms with Crippen LogP contribution in [-0.2, 0) is 17.8 Å². The molecular weight excluding hydrogens is 378 g/mol.